The van der Waals surface area contributed by atoms with Crippen molar-refractivity contribution in [1.82, 2.24) is 0 Å². The molecule has 1 fully saturated rings. The van der Waals surface area contributed by atoms with Crippen LogP contribution in [0.2, 0.25) is 0 Å². The van der Waals surface area contributed by atoms with Gasteiger partial charge in [0, 0.05) is 5.92 Å². The van der Waals surface area contributed by atoms with Crippen molar-refractivity contribution in [2.45, 2.75) is 44.6 Å². The minimum atomic E-state index is -0.747. The fourth-order valence-corrected chi connectivity index (χ4v) is 3.30. The molecular weight excluding hydrogens is 220 g/mol. The standard InChI is InChI=1S/C17H24O/c1-3-14(2)17(18,15-10-6-4-7-11-15)16-12-8-5-9-13-16/h3-4,6-7,10-11,14,16,18H,1,5,8-9,12-13H2,2H3. The predicted molar refractivity (Wildman–Crippen MR) is 76.3 cm³/mol. The predicted octanol–water partition coefficient (Wildman–Crippen LogP) is 4.28. The fraction of sp³-hybridized carbons (Fsp3) is 0.529. The third-order valence-corrected chi connectivity index (χ3v) is 4.51. The largest absolute Gasteiger partial charge is 0.384 e. The summed E-state index contributed by atoms with van der Waals surface area (Å²) in [5.41, 5.74) is 0.299. The lowest BCUT2D eigenvalue weighted by molar-refractivity contribution is -0.0686. The normalized spacial score (nSPS) is 22.1. The Bertz CT molecular complexity index is 378. The smallest absolute Gasteiger partial charge is 0.0983 e. The molecule has 2 rings (SSSR count). The highest BCUT2D eigenvalue weighted by Gasteiger charge is 2.42. The van der Waals surface area contributed by atoms with Crippen molar-refractivity contribution in [3.8, 4) is 0 Å². The number of aliphatic hydroxyl groups is 1. The number of hydrogen-bond donors (Lipinski definition) is 1. The molecule has 1 heteroatoms. The number of hydrogen-bond acceptors (Lipinski definition) is 1. The van der Waals surface area contributed by atoms with Crippen molar-refractivity contribution in [1.29, 1.82) is 0 Å². The molecule has 1 aromatic carbocycles. The molecule has 0 saturated heterocycles. The van der Waals surface area contributed by atoms with Gasteiger partial charge in [-0.15, -0.1) is 6.58 Å². The summed E-state index contributed by atoms with van der Waals surface area (Å²) < 4.78 is 0. The van der Waals surface area contributed by atoms with E-state index < -0.39 is 5.60 Å². The zero-order chi connectivity index (χ0) is 13.0. The second-order valence-electron chi connectivity index (χ2n) is 5.55. The number of benzene rings is 1. The second kappa shape index (κ2) is 5.71. The van der Waals surface area contributed by atoms with E-state index in [1.165, 1.54) is 19.3 Å². The summed E-state index contributed by atoms with van der Waals surface area (Å²) in [7, 11) is 0. The van der Waals surface area contributed by atoms with Gasteiger partial charge in [-0.3, -0.25) is 0 Å². The van der Waals surface area contributed by atoms with Gasteiger partial charge in [-0.1, -0.05) is 62.6 Å². The Morgan fingerprint density at radius 3 is 2.39 bits per heavy atom. The van der Waals surface area contributed by atoms with Crippen LogP contribution in [0, 0.1) is 11.8 Å². The van der Waals surface area contributed by atoms with Gasteiger partial charge in [0.25, 0.3) is 0 Å². The molecule has 98 valence electrons. The molecule has 1 aliphatic rings. The zero-order valence-corrected chi connectivity index (χ0v) is 11.3. The average Bonchev–Trinajstić information content (AvgIpc) is 2.47. The molecule has 2 atom stereocenters. The molecule has 0 aliphatic heterocycles. The van der Waals surface area contributed by atoms with E-state index in [-0.39, 0.29) is 5.92 Å². The highest BCUT2D eigenvalue weighted by Crippen LogP contribution is 2.44. The molecule has 0 amide bonds. The molecule has 0 bridgehead atoms. The van der Waals surface area contributed by atoms with Gasteiger partial charge in [0.1, 0.15) is 0 Å². The van der Waals surface area contributed by atoms with Crippen LogP contribution in [0.1, 0.15) is 44.6 Å². The maximum atomic E-state index is 11.3. The van der Waals surface area contributed by atoms with E-state index in [9.17, 15) is 5.11 Å². The van der Waals surface area contributed by atoms with Crippen LogP contribution in [-0.2, 0) is 5.60 Å². The van der Waals surface area contributed by atoms with Gasteiger partial charge < -0.3 is 5.11 Å². The van der Waals surface area contributed by atoms with Crippen LogP contribution in [0.15, 0.2) is 43.0 Å². The van der Waals surface area contributed by atoms with E-state index >= 15 is 0 Å². The van der Waals surface area contributed by atoms with Crippen molar-refractivity contribution in [3.63, 3.8) is 0 Å². The van der Waals surface area contributed by atoms with Crippen molar-refractivity contribution >= 4 is 0 Å². The summed E-state index contributed by atoms with van der Waals surface area (Å²) in [6.45, 7) is 5.97. The Kier molecular flexibility index (Phi) is 4.23. The topological polar surface area (TPSA) is 20.2 Å². The highest BCUT2D eigenvalue weighted by atomic mass is 16.3. The summed E-state index contributed by atoms with van der Waals surface area (Å²) >= 11 is 0. The van der Waals surface area contributed by atoms with Gasteiger partial charge in [0.05, 0.1) is 5.60 Å². The van der Waals surface area contributed by atoms with Gasteiger partial charge >= 0.3 is 0 Å². The summed E-state index contributed by atoms with van der Waals surface area (Å²) in [4.78, 5) is 0. The third kappa shape index (κ3) is 2.37. The van der Waals surface area contributed by atoms with Crippen LogP contribution in [0.4, 0.5) is 0 Å². The lowest BCUT2D eigenvalue weighted by atomic mass is 9.67. The van der Waals surface area contributed by atoms with Crippen LogP contribution in [-0.4, -0.2) is 5.11 Å². The summed E-state index contributed by atoms with van der Waals surface area (Å²) in [6, 6.07) is 10.1. The van der Waals surface area contributed by atoms with Crippen LogP contribution in [0.25, 0.3) is 0 Å². The molecule has 0 heterocycles. The minimum Gasteiger partial charge on any atom is -0.384 e. The first-order chi connectivity index (χ1) is 8.69. The molecule has 1 saturated carbocycles. The fourth-order valence-electron chi connectivity index (χ4n) is 3.30. The SMILES string of the molecule is C=CC(C)C(O)(c1ccccc1)C1CCCCC1. The van der Waals surface area contributed by atoms with Crippen LogP contribution in [0.3, 0.4) is 0 Å². The highest BCUT2D eigenvalue weighted by molar-refractivity contribution is 5.25. The monoisotopic (exact) mass is 244 g/mol. The molecular formula is C17H24O. The summed E-state index contributed by atoms with van der Waals surface area (Å²) in [5, 5.41) is 11.3. The zero-order valence-electron chi connectivity index (χ0n) is 11.3. The van der Waals surface area contributed by atoms with E-state index in [2.05, 4.69) is 25.6 Å². The van der Waals surface area contributed by atoms with Crippen LogP contribution >= 0.6 is 0 Å². The van der Waals surface area contributed by atoms with Crippen LogP contribution in [0.5, 0.6) is 0 Å². The minimum absolute atomic E-state index is 0.0861. The first-order valence-electron chi connectivity index (χ1n) is 7.10. The lowest BCUT2D eigenvalue weighted by Gasteiger charge is -2.42. The Morgan fingerprint density at radius 1 is 1.22 bits per heavy atom. The maximum absolute atomic E-state index is 11.3. The van der Waals surface area contributed by atoms with E-state index in [0.29, 0.717) is 5.92 Å². The molecule has 18 heavy (non-hydrogen) atoms. The third-order valence-electron chi connectivity index (χ3n) is 4.51. The van der Waals surface area contributed by atoms with E-state index in [1.807, 2.05) is 24.3 Å². The first-order valence-corrected chi connectivity index (χ1v) is 7.10. The van der Waals surface area contributed by atoms with Crippen molar-refractivity contribution < 1.29 is 5.11 Å². The van der Waals surface area contributed by atoms with Gasteiger partial charge in [-0.25, -0.2) is 0 Å². The van der Waals surface area contributed by atoms with Gasteiger partial charge in [-0.2, -0.15) is 0 Å². The van der Waals surface area contributed by atoms with Gasteiger partial charge in [0.2, 0.25) is 0 Å². The van der Waals surface area contributed by atoms with E-state index in [4.69, 9.17) is 0 Å². The van der Waals surface area contributed by atoms with Crippen molar-refractivity contribution in [3.05, 3.63) is 48.6 Å². The van der Waals surface area contributed by atoms with Gasteiger partial charge in [-0.05, 0) is 24.3 Å². The Labute approximate surface area is 111 Å². The molecule has 1 nitrogen and oxygen atoms in total. The molecule has 0 spiro atoms. The summed E-state index contributed by atoms with van der Waals surface area (Å²) in [5.74, 6) is 0.449. The molecule has 0 aromatic heterocycles. The maximum Gasteiger partial charge on any atom is 0.0983 e. The molecule has 1 aromatic rings. The van der Waals surface area contributed by atoms with Crippen molar-refractivity contribution in [2.75, 3.05) is 0 Å². The van der Waals surface area contributed by atoms with Gasteiger partial charge in [0.15, 0.2) is 0 Å². The van der Waals surface area contributed by atoms with Crippen LogP contribution < -0.4 is 0 Å². The molecule has 2 unspecified atom stereocenters. The lowest BCUT2D eigenvalue weighted by Crippen LogP contribution is -2.41. The van der Waals surface area contributed by atoms with Crippen molar-refractivity contribution in [2.24, 2.45) is 11.8 Å². The molecule has 1 N–H and O–H groups in total. The van der Waals surface area contributed by atoms with E-state index in [1.54, 1.807) is 0 Å². The molecule has 1 aliphatic carbocycles. The number of rotatable bonds is 4. The first kappa shape index (κ1) is 13.4. The quantitative estimate of drug-likeness (QED) is 0.784. The Balaban J connectivity index is 2.36. The van der Waals surface area contributed by atoms with E-state index in [0.717, 1.165) is 18.4 Å². The second-order valence-corrected chi connectivity index (χ2v) is 5.55. The Morgan fingerprint density at radius 2 is 1.83 bits per heavy atom. The molecule has 0 radical (unpaired) electrons. The average molecular weight is 244 g/mol. The summed E-state index contributed by atoms with van der Waals surface area (Å²) in [6.07, 6.45) is 7.94. The Hall–Kier alpha value is -1.08.